The van der Waals surface area contributed by atoms with Gasteiger partial charge in [-0.15, -0.1) is 0 Å². The average molecular weight is 269 g/mol. The van der Waals surface area contributed by atoms with Gasteiger partial charge in [0.25, 0.3) is 0 Å². The standard InChI is InChI=1S/C17H19NO2/c1-18(2)15(17(9-10-17)16(19)20)14-8-7-12-5-3-4-6-13(12)11-14/h3-8,11,15H,9-10H2,1-2H3,(H,19,20). The van der Waals surface area contributed by atoms with Crippen molar-refractivity contribution in [1.82, 2.24) is 4.90 Å². The number of carbonyl (C=O) groups is 1. The van der Waals surface area contributed by atoms with E-state index in [0.29, 0.717) is 0 Å². The van der Waals surface area contributed by atoms with Crippen molar-refractivity contribution in [3.8, 4) is 0 Å². The minimum atomic E-state index is -0.677. The van der Waals surface area contributed by atoms with Gasteiger partial charge >= 0.3 is 5.97 Å². The van der Waals surface area contributed by atoms with Crippen LogP contribution in [0.4, 0.5) is 0 Å². The molecule has 3 rings (SSSR count). The maximum Gasteiger partial charge on any atom is 0.311 e. The van der Waals surface area contributed by atoms with Gasteiger partial charge in [-0.2, -0.15) is 0 Å². The van der Waals surface area contributed by atoms with Gasteiger partial charge in [0.2, 0.25) is 0 Å². The first-order valence-electron chi connectivity index (χ1n) is 6.93. The lowest BCUT2D eigenvalue weighted by Crippen LogP contribution is -2.33. The second-order valence-corrected chi connectivity index (χ2v) is 5.93. The summed E-state index contributed by atoms with van der Waals surface area (Å²) in [6.07, 6.45) is 1.52. The molecule has 0 amide bonds. The van der Waals surface area contributed by atoms with E-state index in [1.165, 1.54) is 5.39 Å². The van der Waals surface area contributed by atoms with Crippen LogP contribution >= 0.6 is 0 Å². The van der Waals surface area contributed by atoms with Crippen LogP contribution in [-0.2, 0) is 4.79 Å². The highest BCUT2D eigenvalue weighted by Crippen LogP contribution is 2.57. The summed E-state index contributed by atoms with van der Waals surface area (Å²) in [6.45, 7) is 0. The van der Waals surface area contributed by atoms with E-state index >= 15 is 0 Å². The van der Waals surface area contributed by atoms with Crippen molar-refractivity contribution in [2.24, 2.45) is 5.41 Å². The molecule has 2 aromatic carbocycles. The predicted octanol–water partition coefficient (Wildman–Crippen LogP) is 3.31. The van der Waals surface area contributed by atoms with Crippen LogP contribution in [0.15, 0.2) is 42.5 Å². The van der Waals surface area contributed by atoms with Crippen molar-refractivity contribution in [2.75, 3.05) is 14.1 Å². The zero-order valence-corrected chi connectivity index (χ0v) is 11.8. The monoisotopic (exact) mass is 269 g/mol. The number of benzene rings is 2. The molecule has 0 saturated heterocycles. The quantitative estimate of drug-likeness (QED) is 0.925. The van der Waals surface area contributed by atoms with Crippen molar-refractivity contribution >= 4 is 16.7 Å². The number of carboxylic acid groups (broad SMARTS) is 1. The first-order valence-corrected chi connectivity index (χ1v) is 6.93. The van der Waals surface area contributed by atoms with Gasteiger partial charge in [-0.05, 0) is 49.3 Å². The fraction of sp³-hybridized carbons (Fsp3) is 0.353. The molecule has 2 aromatic rings. The third-order valence-electron chi connectivity index (χ3n) is 4.34. The second-order valence-electron chi connectivity index (χ2n) is 5.93. The van der Waals surface area contributed by atoms with E-state index in [1.807, 2.05) is 31.1 Å². The third kappa shape index (κ3) is 1.98. The molecule has 3 heteroatoms. The minimum Gasteiger partial charge on any atom is -0.481 e. The van der Waals surface area contributed by atoms with Crippen molar-refractivity contribution in [3.05, 3.63) is 48.0 Å². The Labute approximate surface area is 118 Å². The lowest BCUT2D eigenvalue weighted by molar-refractivity contribution is -0.146. The Bertz CT molecular complexity index is 659. The van der Waals surface area contributed by atoms with Gasteiger partial charge < -0.3 is 10.0 Å². The van der Waals surface area contributed by atoms with E-state index in [0.717, 1.165) is 23.8 Å². The number of fused-ring (bicyclic) bond motifs is 1. The molecule has 0 spiro atoms. The number of rotatable bonds is 4. The van der Waals surface area contributed by atoms with Gasteiger partial charge in [-0.1, -0.05) is 36.4 Å². The molecule has 0 aliphatic heterocycles. The summed E-state index contributed by atoms with van der Waals surface area (Å²) in [5, 5.41) is 11.9. The Morgan fingerprint density at radius 1 is 1.15 bits per heavy atom. The lowest BCUT2D eigenvalue weighted by Gasteiger charge is -2.30. The van der Waals surface area contributed by atoms with Gasteiger partial charge in [0.1, 0.15) is 0 Å². The number of hydrogen-bond donors (Lipinski definition) is 1. The molecular weight excluding hydrogens is 250 g/mol. The van der Waals surface area contributed by atoms with Crippen molar-refractivity contribution < 1.29 is 9.90 Å². The molecule has 0 aromatic heterocycles. The maximum absolute atomic E-state index is 11.6. The average Bonchev–Trinajstić information content (AvgIpc) is 3.20. The summed E-state index contributed by atoms with van der Waals surface area (Å²) in [6, 6.07) is 14.4. The van der Waals surface area contributed by atoms with Crippen LogP contribution in [0, 0.1) is 5.41 Å². The molecule has 3 nitrogen and oxygen atoms in total. The summed E-state index contributed by atoms with van der Waals surface area (Å²) >= 11 is 0. The normalized spacial score (nSPS) is 18.1. The largest absolute Gasteiger partial charge is 0.481 e. The zero-order chi connectivity index (χ0) is 14.3. The Morgan fingerprint density at radius 3 is 2.35 bits per heavy atom. The van der Waals surface area contributed by atoms with Crippen LogP contribution < -0.4 is 0 Å². The van der Waals surface area contributed by atoms with E-state index in [4.69, 9.17) is 0 Å². The van der Waals surface area contributed by atoms with Crippen LogP contribution in [0.3, 0.4) is 0 Å². The van der Waals surface area contributed by atoms with Crippen LogP contribution in [-0.4, -0.2) is 30.1 Å². The molecule has 0 bridgehead atoms. The molecule has 20 heavy (non-hydrogen) atoms. The van der Waals surface area contributed by atoms with E-state index in [2.05, 4.69) is 30.3 Å². The van der Waals surface area contributed by atoms with Crippen LogP contribution in [0.1, 0.15) is 24.4 Å². The Kier molecular flexibility index (Phi) is 3.02. The second kappa shape index (κ2) is 4.60. The highest BCUT2D eigenvalue weighted by Gasteiger charge is 2.57. The first kappa shape index (κ1) is 13.1. The zero-order valence-electron chi connectivity index (χ0n) is 11.8. The molecule has 1 aliphatic carbocycles. The Balaban J connectivity index is 2.08. The smallest absolute Gasteiger partial charge is 0.311 e. The SMILES string of the molecule is CN(C)C(c1ccc2ccccc2c1)C1(C(=O)O)CC1. The van der Waals surface area contributed by atoms with Gasteiger partial charge in [-0.3, -0.25) is 4.79 Å². The highest BCUT2D eigenvalue weighted by atomic mass is 16.4. The molecule has 0 heterocycles. The third-order valence-corrected chi connectivity index (χ3v) is 4.34. The van der Waals surface area contributed by atoms with Crippen LogP contribution in [0.2, 0.25) is 0 Å². The van der Waals surface area contributed by atoms with E-state index in [-0.39, 0.29) is 6.04 Å². The lowest BCUT2D eigenvalue weighted by atomic mass is 9.88. The van der Waals surface area contributed by atoms with Crippen molar-refractivity contribution in [2.45, 2.75) is 18.9 Å². The number of carboxylic acids is 1. The van der Waals surface area contributed by atoms with Crippen molar-refractivity contribution in [1.29, 1.82) is 0 Å². The molecule has 1 unspecified atom stereocenters. The van der Waals surface area contributed by atoms with Crippen LogP contribution in [0.5, 0.6) is 0 Å². The summed E-state index contributed by atoms with van der Waals surface area (Å²) in [5.41, 5.74) is 0.486. The Hall–Kier alpha value is -1.87. The summed E-state index contributed by atoms with van der Waals surface area (Å²) < 4.78 is 0. The first-order chi connectivity index (χ1) is 9.54. The van der Waals surface area contributed by atoms with E-state index in [9.17, 15) is 9.90 Å². The molecular formula is C17H19NO2. The highest BCUT2D eigenvalue weighted by molar-refractivity contribution is 5.84. The summed E-state index contributed by atoms with van der Waals surface area (Å²) in [5.74, 6) is -0.677. The van der Waals surface area contributed by atoms with Gasteiger partial charge in [0, 0.05) is 0 Å². The fourth-order valence-electron chi connectivity index (χ4n) is 3.23. The summed E-state index contributed by atoms with van der Waals surface area (Å²) in [7, 11) is 3.92. The number of nitrogens with zero attached hydrogens (tertiary/aromatic N) is 1. The molecule has 1 atom stereocenters. The minimum absolute atomic E-state index is 0.0652. The molecule has 104 valence electrons. The van der Waals surface area contributed by atoms with Gasteiger partial charge in [0.05, 0.1) is 11.5 Å². The van der Waals surface area contributed by atoms with Gasteiger partial charge in [-0.25, -0.2) is 0 Å². The Morgan fingerprint density at radius 2 is 1.80 bits per heavy atom. The predicted molar refractivity (Wildman–Crippen MR) is 79.7 cm³/mol. The molecule has 0 radical (unpaired) electrons. The number of hydrogen-bond acceptors (Lipinski definition) is 2. The topological polar surface area (TPSA) is 40.5 Å². The molecule has 1 aliphatic rings. The molecule has 1 fully saturated rings. The van der Waals surface area contributed by atoms with Crippen molar-refractivity contribution in [3.63, 3.8) is 0 Å². The fourth-order valence-corrected chi connectivity index (χ4v) is 3.23. The number of aliphatic carboxylic acids is 1. The summed E-state index contributed by atoms with van der Waals surface area (Å²) in [4.78, 5) is 13.7. The van der Waals surface area contributed by atoms with Gasteiger partial charge in [0.15, 0.2) is 0 Å². The maximum atomic E-state index is 11.6. The van der Waals surface area contributed by atoms with E-state index < -0.39 is 11.4 Å². The van der Waals surface area contributed by atoms with E-state index in [1.54, 1.807) is 0 Å². The van der Waals surface area contributed by atoms with Crippen LogP contribution in [0.25, 0.3) is 10.8 Å². The molecule has 1 saturated carbocycles. The molecule has 1 N–H and O–H groups in total.